The van der Waals surface area contributed by atoms with E-state index >= 15 is 0 Å². The lowest BCUT2D eigenvalue weighted by Crippen LogP contribution is -2.37. The van der Waals surface area contributed by atoms with Crippen molar-refractivity contribution in [3.05, 3.63) is 0 Å². The quantitative estimate of drug-likeness (QED) is 0.741. The number of likely N-dealkylation sites (tertiary alicyclic amines) is 1. The Hall–Kier alpha value is -0.260. The van der Waals surface area contributed by atoms with Crippen LogP contribution in [0.4, 0.5) is 0 Å². The maximum atomic E-state index is 12.2. The molecule has 4 nitrogen and oxygen atoms in total. The molecule has 0 aromatic carbocycles. The number of amides is 1. The van der Waals surface area contributed by atoms with Crippen molar-refractivity contribution in [2.75, 3.05) is 32.6 Å². The fraction of sp³-hybridized carbons (Fsp3) is 0.923. The second kappa shape index (κ2) is 8.77. The Morgan fingerprint density at radius 1 is 1.28 bits per heavy atom. The molecular formula is C13H25NO3S. The summed E-state index contributed by atoms with van der Waals surface area (Å²) < 4.78 is 10.7. The van der Waals surface area contributed by atoms with Crippen molar-refractivity contribution in [2.24, 2.45) is 5.92 Å². The fourth-order valence-electron chi connectivity index (χ4n) is 2.35. The van der Waals surface area contributed by atoms with Gasteiger partial charge in [0.1, 0.15) is 0 Å². The standard InChI is InChI=1S/C11H19NO3S.C2H6/c1-16-15-10-2-5-12(8-10)11(13)9-3-6-14-7-4-9;1-2/h9-10H,2-8H2,1H3;1-2H3. The van der Waals surface area contributed by atoms with Gasteiger partial charge in [0.25, 0.3) is 0 Å². The van der Waals surface area contributed by atoms with Crippen molar-refractivity contribution in [2.45, 2.75) is 39.2 Å². The summed E-state index contributed by atoms with van der Waals surface area (Å²) in [6.45, 7) is 7.07. The highest BCUT2D eigenvalue weighted by Gasteiger charge is 2.32. The molecule has 2 rings (SSSR count). The second-order valence-electron chi connectivity index (χ2n) is 4.34. The van der Waals surface area contributed by atoms with Crippen LogP contribution in [0.2, 0.25) is 0 Å². The molecule has 0 spiro atoms. The predicted molar refractivity (Wildman–Crippen MR) is 74.5 cm³/mol. The molecule has 0 aromatic heterocycles. The maximum absolute atomic E-state index is 12.2. The van der Waals surface area contributed by atoms with Crippen molar-refractivity contribution in [1.82, 2.24) is 4.90 Å². The van der Waals surface area contributed by atoms with Crippen LogP contribution >= 0.6 is 12.0 Å². The Kier molecular flexibility index (Phi) is 7.70. The largest absolute Gasteiger partial charge is 0.381 e. The third-order valence-electron chi connectivity index (χ3n) is 3.26. The third-order valence-corrected chi connectivity index (χ3v) is 3.72. The van der Waals surface area contributed by atoms with Gasteiger partial charge in [-0.25, -0.2) is 0 Å². The summed E-state index contributed by atoms with van der Waals surface area (Å²) in [6, 6.07) is 0. The summed E-state index contributed by atoms with van der Waals surface area (Å²) in [5.74, 6) is 0.484. The summed E-state index contributed by atoms with van der Waals surface area (Å²) in [6.07, 6.45) is 4.87. The van der Waals surface area contributed by atoms with E-state index < -0.39 is 0 Å². The van der Waals surface area contributed by atoms with Crippen molar-refractivity contribution in [1.29, 1.82) is 0 Å². The maximum Gasteiger partial charge on any atom is 0.225 e. The number of hydrogen-bond acceptors (Lipinski definition) is 4. The van der Waals surface area contributed by atoms with Crippen LogP contribution in [0.15, 0.2) is 0 Å². The van der Waals surface area contributed by atoms with Crippen LogP contribution in [0, 0.1) is 5.92 Å². The van der Waals surface area contributed by atoms with E-state index in [9.17, 15) is 4.79 Å². The molecule has 2 aliphatic rings. The lowest BCUT2D eigenvalue weighted by molar-refractivity contribution is -0.137. The molecule has 1 amide bonds. The predicted octanol–water partition coefficient (Wildman–Crippen LogP) is 2.33. The summed E-state index contributed by atoms with van der Waals surface area (Å²) in [7, 11) is 0. The van der Waals surface area contributed by atoms with Gasteiger partial charge in [-0.05, 0) is 31.3 Å². The second-order valence-corrected chi connectivity index (χ2v) is 4.87. The van der Waals surface area contributed by atoms with Crippen LogP contribution in [-0.4, -0.2) is 49.5 Å². The van der Waals surface area contributed by atoms with E-state index in [4.69, 9.17) is 8.92 Å². The molecule has 18 heavy (non-hydrogen) atoms. The smallest absolute Gasteiger partial charge is 0.225 e. The Bertz CT molecular complexity index is 244. The molecule has 2 heterocycles. The molecule has 106 valence electrons. The van der Waals surface area contributed by atoms with E-state index in [1.807, 2.05) is 25.0 Å². The van der Waals surface area contributed by atoms with E-state index in [0.29, 0.717) is 5.91 Å². The van der Waals surface area contributed by atoms with Gasteiger partial charge in [0, 0.05) is 38.5 Å². The zero-order valence-electron chi connectivity index (χ0n) is 11.7. The van der Waals surface area contributed by atoms with Crippen molar-refractivity contribution >= 4 is 17.9 Å². The normalized spacial score (nSPS) is 24.6. The van der Waals surface area contributed by atoms with E-state index in [1.165, 1.54) is 12.0 Å². The van der Waals surface area contributed by atoms with Gasteiger partial charge in [-0.1, -0.05) is 13.8 Å². The molecule has 0 radical (unpaired) electrons. The Labute approximate surface area is 115 Å². The van der Waals surface area contributed by atoms with Gasteiger partial charge in [0.15, 0.2) is 0 Å². The Morgan fingerprint density at radius 3 is 2.56 bits per heavy atom. The lowest BCUT2D eigenvalue weighted by atomic mass is 9.99. The Balaban J connectivity index is 0.000000771. The van der Waals surface area contributed by atoms with Gasteiger partial charge in [0.2, 0.25) is 5.91 Å². The topological polar surface area (TPSA) is 38.8 Å². The molecule has 0 bridgehead atoms. The van der Waals surface area contributed by atoms with Crippen LogP contribution in [0.25, 0.3) is 0 Å². The minimum atomic E-state index is 0.182. The first-order valence-electron chi connectivity index (χ1n) is 6.87. The summed E-state index contributed by atoms with van der Waals surface area (Å²) >= 11 is 1.39. The zero-order chi connectivity index (χ0) is 13.4. The number of hydrogen-bond donors (Lipinski definition) is 0. The molecule has 2 saturated heterocycles. The number of rotatable bonds is 3. The first-order chi connectivity index (χ1) is 8.81. The highest BCUT2D eigenvalue weighted by Crippen LogP contribution is 2.22. The monoisotopic (exact) mass is 275 g/mol. The van der Waals surface area contributed by atoms with Gasteiger partial charge in [-0.2, -0.15) is 0 Å². The molecule has 5 heteroatoms. The summed E-state index contributed by atoms with van der Waals surface area (Å²) in [4.78, 5) is 14.1. The number of ether oxygens (including phenoxy) is 1. The fourth-order valence-corrected chi connectivity index (χ4v) is 2.77. The van der Waals surface area contributed by atoms with Gasteiger partial charge >= 0.3 is 0 Å². The highest BCUT2D eigenvalue weighted by atomic mass is 32.2. The highest BCUT2D eigenvalue weighted by molar-refractivity contribution is 7.93. The molecule has 1 unspecified atom stereocenters. The van der Waals surface area contributed by atoms with E-state index in [0.717, 1.165) is 45.6 Å². The molecule has 0 aromatic rings. The van der Waals surface area contributed by atoms with E-state index in [-0.39, 0.29) is 12.0 Å². The van der Waals surface area contributed by atoms with Crippen LogP contribution in [0.3, 0.4) is 0 Å². The van der Waals surface area contributed by atoms with Gasteiger partial charge < -0.3 is 13.8 Å². The van der Waals surface area contributed by atoms with Crippen LogP contribution in [-0.2, 0) is 13.7 Å². The summed E-state index contributed by atoms with van der Waals surface area (Å²) in [5, 5.41) is 0. The Morgan fingerprint density at radius 2 is 1.94 bits per heavy atom. The minimum absolute atomic E-state index is 0.182. The van der Waals surface area contributed by atoms with Crippen LogP contribution in [0.1, 0.15) is 33.1 Å². The molecule has 0 N–H and O–H groups in total. The third kappa shape index (κ3) is 4.44. The first-order valence-corrected chi connectivity index (χ1v) is 8.02. The van der Waals surface area contributed by atoms with Crippen molar-refractivity contribution in [3.8, 4) is 0 Å². The average molecular weight is 275 g/mol. The molecule has 0 aliphatic carbocycles. The first kappa shape index (κ1) is 15.8. The van der Waals surface area contributed by atoms with Gasteiger partial charge in [0.05, 0.1) is 6.10 Å². The van der Waals surface area contributed by atoms with Crippen molar-refractivity contribution < 1.29 is 13.7 Å². The SMILES string of the molecule is CC.CSOC1CCN(C(=O)C2CCOCC2)C1. The summed E-state index contributed by atoms with van der Waals surface area (Å²) in [5.41, 5.74) is 0. The van der Waals surface area contributed by atoms with Crippen LogP contribution in [0.5, 0.6) is 0 Å². The average Bonchev–Trinajstić information content (AvgIpc) is 2.90. The van der Waals surface area contributed by atoms with Crippen LogP contribution < -0.4 is 0 Å². The molecule has 1 atom stereocenters. The van der Waals surface area contributed by atoms with Crippen molar-refractivity contribution in [3.63, 3.8) is 0 Å². The molecular weight excluding hydrogens is 250 g/mol. The number of nitrogens with zero attached hydrogens (tertiary/aromatic N) is 1. The van der Waals surface area contributed by atoms with E-state index in [2.05, 4.69) is 0 Å². The minimum Gasteiger partial charge on any atom is -0.381 e. The lowest BCUT2D eigenvalue weighted by Gasteiger charge is -2.26. The van der Waals surface area contributed by atoms with E-state index in [1.54, 1.807) is 0 Å². The molecule has 0 saturated carbocycles. The molecule has 2 aliphatic heterocycles. The number of carbonyl (C=O) groups is 1. The zero-order valence-corrected chi connectivity index (χ0v) is 12.5. The van der Waals surface area contributed by atoms with Gasteiger partial charge in [-0.15, -0.1) is 0 Å². The number of carbonyl (C=O) groups excluding carboxylic acids is 1. The van der Waals surface area contributed by atoms with Gasteiger partial charge in [-0.3, -0.25) is 4.79 Å². The molecule has 2 fully saturated rings.